The predicted molar refractivity (Wildman–Crippen MR) is 75.4 cm³/mol. The van der Waals surface area contributed by atoms with E-state index in [1.54, 1.807) is 0 Å². The smallest absolute Gasteiger partial charge is 0.348 e. The van der Waals surface area contributed by atoms with Gasteiger partial charge in [-0.05, 0) is 6.42 Å². The Balaban J connectivity index is 2.08. The zero-order chi connectivity index (χ0) is 17.4. The number of halogens is 5. The van der Waals surface area contributed by atoms with E-state index in [0.717, 1.165) is 10.6 Å². The van der Waals surface area contributed by atoms with Crippen molar-refractivity contribution in [3.63, 3.8) is 0 Å². The van der Waals surface area contributed by atoms with Crippen molar-refractivity contribution >= 4 is 27.6 Å². The Labute approximate surface area is 134 Å². The third-order valence-corrected chi connectivity index (χ3v) is 4.89. The lowest BCUT2D eigenvalue weighted by Crippen LogP contribution is -2.49. The van der Waals surface area contributed by atoms with Gasteiger partial charge in [-0.3, -0.25) is 0 Å². The van der Waals surface area contributed by atoms with E-state index in [9.17, 15) is 26.0 Å². The maximum Gasteiger partial charge on any atom is 0.420 e. The molecule has 1 saturated heterocycles. The van der Waals surface area contributed by atoms with Crippen molar-refractivity contribution in [3.05, 3.63) is 16.9 Å². The first-order chi connectivity index (χ1) is 10.5. The van der Waals surface area contributed by atoms with Crippen LogP contribution in [0.25, 0.3) is 0 Å². The molecule has 2 rings (SSSR count). The van der Waals surface area contributed by atoms with Crippen molar-refractivity contribution in [2.75, 3.05) is 24.7 Å². The van der Waals surface area contributed by atoms with Crippen LogP contribution in [-0.4, -0.2) is 54.2 Å². The van der Waals surface area contributed by atoms with Crippen LogP contribution in [0, 0.1) is 0 Å². The monoisotopic (exact) mass is 376 g/mol. The second-order valence-corrected chi connectivity index (χ2v) is 7.41. The summed E-state index contributed by atoms with van der Waals surface area (Å²) < 4.78 is 75.4. The van der Waals surface area contributed by atoms with Crippen LogP contribution >= 0.6 is 11.6 Å². The average molecular weight is 377 g/mol. The molecular formula is C11H13ClF4N4O2S. The van der Waals surface area contributed by atoms with Gasteiger partial charge >= 0.3 is 6.18 Å². The van der Waals surface area contributed by atoms with E-state index in [1.165, 1.54) is 0 Å². The normalized spacial score (nSPS) is 23.7. The number of hydrogen-bond acceptors (Lipinski definition) is 5. The quantitative estimate of drug-likeness (QED) is 0.644. The van der Waals surface area contributed by atoms with Gasteiger partial charge in [0.05, 0.1) is 12.3 Å². The Morgan fingerprint density at radius 1 is 1.43 bits per heavy atom. The first-order valence-electron chi connectivity index (χ1n) is 6.44. The van der Waals surface area contributed by atoms with Crippen LogP contribution in [0.1, 0.15) is 12.0 Å². The van der Waals surface area contributed by atoms with E-state index in [4.69, 9.17) is 11.6 Å². The Hall–Kier alpha value is -1.20. The summed E-state index contributed by atoms with van der Waals surface area (Å²) in [5.74, 6) is -0.247. The summed E-state index contributed by atoms with van der Waals surface area (Å²) in [4.78, 5) is 6.94. The molecule has 23 heavy (non-hydrogen) atoms. The first kappa shape index (κ1) is 18.1. The molecule has 2 atom stereocenters. The highest BCUT2D eigenvalue weighted by Gasteiger charge is 2.36. The maximum atomic E-state index is 14.0. The molecule has 0 amide bonds. The average Bonchev–Trinajstić information content (AvgIpc) is 2.38. The highest BCUT2D eigenvalue weighted by molar-refractivity contribution is 7.88. The van der Waals surface area contributed by atoms with E-state index in [2.05, 4.69) is 15.3 Å². The number of anilines is 1. The van der Waals surface area contributed by atoms with Crippen molar-refractivity contribution in [2.24, 2.45) is 0 Å². The van der Waals surface area contributed by atoms with Crippen molar-refractivity contribution in [2.45, 2.75) is 24.8 Å². The lowest BCUT2D eigenvalue weighted by molar-refractivity contribution is -0.137. The summed E-state index contributed by atoms with van der Waals surface area (Å²) in [5.41, 5.74) is -1.19. The van der Waals surface area contributed by atoms with Crippen LogP contribution in [0.5, 0.6) is 0 Å². The van der Waals surface area contributed by atoms with Gasteiger partial charge in [0, 0.05) is 19.3 Å². The molecule has 1 N–H and O–H groups in total. The molecule has 1 aliphatic heterocycles. The van der Waals surface area contributed by atoms with Crippen molar-refractivity contribution in [1.82, 2.24) is 14.3 Å². The third kappa shape index (κ3) is 4.42. The Bertz CT molecular complexity index is 685. The standard InChI is InChI=1S/C11H13ClF4N4O2S/c1-23(21,22)20-3-2-8(7(13)5-20)18-10-17-4-6(9(12)19-10)11(14,15)16/h4,7-8H,2-3,5H2,1H3,(H,17,18,19)/t7-,8+/m1/s1. The summed E-state index contributed by atoms with van der Waals surface area (Å²) in [7, 11) is -3.50. The lowest BCUT2D eigenvalue weighted by Gasteiger charge is -2.33. The fourth-order valence-corrected chi connectivity index (χ4v) is 3.21. The number of piperidine rings is 1. The molecule has 6 nitrogen and oxygen atoms in total. The second kappa shape index (κ2) is 6.36. The van der Waals surface area contributed by atoms with Gasteiger partial charge in [-0.2, -0.15) is 17.5 Å². The largest absolute Gasteiger partial charge is 0.420 e. The first-order valence-corrected chi connectivity index (χ1v) is 8.66. The third-order valence-electron chi connectivity index (χ3n) is 3.34. The van der Waals surface area contributed by atoms with Crippen LogP contribution in [-0.2, 0) is 16.2 Å². The van der Waals surface area contributed by atoms with E-state index in [0.29, 0.717) is 6.20 Å². The minimum Gasteiger partial charge on any atom is -0.348 e. The fourth-order valence-electron chi connectivity index (χ4n) is 2.13. The highest BCUT2D eigenvalue weighted by atomic mass is 35.5. The van der Waals surface area contributed by atoms with Gasteiger partial charge in [0.25, 0.3) is 0 Å². The Morgan fingerprint density at radius 3 is 2.57 bits per heavy atom. The minimum absolute atomic E-state index is 0.0886. The van der Waals surface area contributed by atoms with E-state index < -0.39 is 39.1 Å². The molecule has 0 bridgehead atoms. The van der Waals surface area contributed by atoms with Crippen molar-refractivity contribution in [3.8, 4) is 0 Å². The zero-order valence-corrected chi connectivity index (χ0v) is 13.4. The SMILES string of the molecule is CS(=O)(=O)N1CC[C@H](Nc2ncc(C(F)(F)F)c(Cl)n2)[C@H](F)C1. The molecule has 0 unspecified atom stereocenters. The molecular weight excluding hydrogens is 364 g/mol. The molecule has 0 radical (unpaired) electrons. The van der Waals surface area contributed by atoms with Gasteiger partial charge in [0.2, 0.25) is 16.0 Å². The van der Waals surface area contributed by atoms with E-state index >= 15 is 0 Å². The molecule has 1 aliphatic rings. The summed E-state index contributed by atoms with van der Waals surface area (Å²) in [5, 5.41) is 1.76. The fraction of sp³-hybridized carbons (Fsp3) is 0.636. The molecule has 1 fully saturated rings. The number of nitrogens with one attached hydrogen (secondary N) is 1. The number of alkyl halides is 4. The van der Waals surface area contributed by atoms with Gasteiger partial charge in [-0.25, -0.2) is 22.8 Å². The summed E-state index contributed by atoms with van der Waals surface area (Å²) in [6.45, 7) is -0.254. The number of sulfonamides is 1. The topological polar surface area (TPSA) is 75.2 Å². The Morgan fingerprint density at radius 2 is 2.09 bits per heavy atom. The van der Waals surface area contributed by atoms with Gasteiger partial charge in [-0.1, -0.05) is 11.6 Å². The predicted octanol–water partition coefficient (Wildman–Crippen LogP) is 1.93. The minimum atomic E-state index is -4.68. The van der Waals surface area contributed by atoms with Crippen molar-refractivity contribution < 1.29 is 26.0 Å². The van der Waals surface area contributed by atoms with Gasteiger partial charge < -0.3 is 5.32 Å². The van der Waals surface area contributed by atoms with E-state index in [1.807, 2.05) is 0 Å². The van der Waals surface area contributed by atoms with Gasteiger partial charge in [0.15, 0.2) is 0 Å². The van der Waals surface area contributed by atoms with Crippen LogP contribution < -0.4 is 5.32 Å². The van der Waals surface area contributed by atoms with Crippen LogP contribution in [0.4, 0.5) is 23.5 Å². The number of rotatable bonds is 3. The van der Waals surface area contributed by atoms with Gasteiger partial charge in [0.1, 0.15) is 16.9 Å². The molecule has 0 aromatic carbocycles. The highest BCUT2D eigenvalue weighted by Crippen LogP contribution is 2.33. The molecule has 130 valence electrons. The molecule has 12 heteroatoms. The second-order valence-electron chi connectivity index (χ2n) is 5.07. The summed E-state index contributed by atoms with van der Waals surface area (Å²) >= 11 is 5.46. The summed E-state index contributed by atoms with van der Waals surface area (Å²) in [6.07, 6.45) is -4.62. The van der Waals surface area contributed by atoms with Crippen LogP contribution in [0.3, 0.4) is 0 Å². The molecule has 1 aromatic rings. The molecule has 0 spiro atoms. The zero-order valence-electron chi connectivity index (χ0n) is 11.8. The molecule has 2 heterocycles. The number of nitrogens with zero attached hydrogens (tertiary/aromatic N) is 3. The van der Waals surface area contributed by atoms with Crippen LogP contribution in [0.2, 0.25) is 5.15 Å². The molecule has 1 aromatic heterocycles. The molecule has 0 aliphatic carbocycles. The van der Waals surface area contributed by atoms with Gasteiger partial charge in [-0.15, -0.1) is 0 Å². The number of aromatic nitrogens is 2. The lowest BCUT2D eigenvalue weighted by atomic mass is 10.1. The van der Waals surface area contributed by atoms with Crippen LogP contribution in [0.15, 0.2) is 6.20 Å². The van der Waals surface area contributed by atoms with E-state index in [-0.39, 0.29) is 25.5 Å². The summed E-state index contributed by atoms with van der Waals surface area (Å²) in [6, 6.07) is -0.819. The molecule has 0 saturated carbocycles. The van der Waals surface area contributed by atoms with Crippen molar-refractivity contribution in [1.29, 1.82) is 0 Å². The maximum absolute atomic E-state index is 14.0. The number of hydrogen-bond donors (Lipinski definition) is 1. The Kier molecular flexibility index (Phi) is 5.02.